The first-order valence-corrected chi connectivity index (χ1v) is 9.98. The van der Waals surface area contributed by atoms with Gasteiger partial charge in [0.2, 0.25) is 0 Å². The molecular formula is C21H19FIN5. The highest BCUT2D eigenvalue weighted by atomic mass is 127. The van der Waals surface area contributed by atoms with Gasteiger partial charge in [0.05, 0.1) is 11.2 Å². The van der Waals surface area contributed by atoms with Crippen LogP contribution in [0, 0.1) is 9.52 Å². The van der Waals surface area contributed by atoms with E-state index in [-0.39, 0.29) is 11.2 Å². The van der Waals surface area contributed by atoms with Gasteiger partial charge in [0.25, 0.3) is 0 Å². The van der Waals surface area contributed by atoms with Crippen LogP contribution >= 0.6 is 22.6 Å². The first kappa shape index (κ1) is 18.8. The summed E-state index contributed by atoms with van der Waals surface area (Å²) in [4.78, 5) is 0. The zero-order valence-corrected chi connectivity index (χ0v) is 17.7. The third kappa shape index (κ3) is 3.84. The van der Waals surface area contributed by atoms with Crippen LogP contribution in [0.4, 0.5) is 10.2 Å². The molecule has 0 atom stereocenters. The maximum Gasteiger partial charge on any atom is 0.148 e. The number of halogens is 2. The number of rotatable bonds is 5. The summed E-state index contributed by atoms with van der Waals surface area (Å²) in [6, 6.07) is 16.6. The molecule has 2 aromatic carbocycles. The third-order valence-electron chi connectivity index (χ3n) is 4.81. The molecule has 0 aliphatic heterocycles. The summed E-state index contributed by atoms with van der Waals surface area (Å²) in [7, 11) is 0. The number of nitrogens with zero attached hydrogens (tertiary/aromatic N) is 3. The SMILES string of the molecule is CC(C)(CNc1ccc(-c2ccc3[nH]nc(I)c3c2)nn1)c1ccc(F)cc1. The Kier molecular flexibility index (Phi) is 5.01. The minimum absolute atomic E-state index is 0.170. The normalized spacial score (nSPS) is 11.7. The standard InChI is InChI=1S/C21H19FIN5/c1-21(2,14-4-6-15(22)7-5-14)12-24-19-10-9-17(25-27-19)13-3-8-18-16(11-13)20(23)28-26-18/h3-11H,12H2,1-2H3,(H,24,27)(H,26,28). The van der Waals surface area contributed by atoms with Crippen LogP contribution in [0.1, 0.15) is 19.4 Å². The van der Waals surface area contributed by atoms with Gasteiger partial charge in [0, 0.05) is 22.9 Å². The first-order valence-electron chi connectivity index (χ1n) is 8.90. The summed E-state index contributed by atoms with van der Waals surface area (Å²) in [5.41, 5.74) is 3.70. The smallest absolute Gasteiger partial charge is 0.148 e. The summed E-state index contributed by atoms with van der Waals surface area (Å²) in [6.07, 6.45) is 0. The molecule has 0 aliphatic carbocycles. The molecular weight excluding hydrogens is 468 g/mol. The second-order valence-electron chi connectivity index (χ2n) is 7.32. The highest BCUT2D eigenvalue weighted by Gasteiger charge is 2.20. The second-order valence-corrected chi connectivity index (χ2v) is 8.34. The molecule has 0 saturated carbocycles. The van der Waals surface area contributed by atoms with Crippen molar-refractivity contribution in [2.75, 3.05) is 11.9 Å². The number of H-pyrrole nitrogens is 1. The molecule has 0 radical (unpaired) electrons. The van der Waals surface area contributed by atoms with Crippen LogP contribution in [0.5, 0.6) is 0 Å². The van der Waals surface area contributed by atoms with E-state index < -0.39 is 0 Å². The van der Waals surface area contributed by atoms with E-state index in [1.54, 1.807) is 0 Å². The van der Waals surface area contributed by atoms with Crippen LogP contribution in [-0.4, -0.2) is 26.9 Å². The molecule has 2 N–H and O–H groups in total. The van der Waals surface area contributed by atoms with Crippen molar-refractivity contribution in [3.05, 3.63) is 69.7 Å². The Morgan fingerprint density at radius 2 is 1.82 bits per heavy atom. The summed E-state index contributed by atoms with van der Waals surface area (Å²) in [5.74, 6) is 0.482. The van der Waals surface area contributed by atoms with Crippen molar-refractivity contribution >= 4 is 39.3 Å². The zero-order valence-electron chi connectivity index (χ0n) is 15.5. The molecule has 0 amide bonds. The molecule has 0 saturated heterocycles. The van der Waals surface area contributed by atoms with Crippen LogP contribution in [0.25, 0.3) is 22.2 Å². The van der Waals surface area contributed by atoms with E-state index in [0.717, 1.165) is 31.4 Å². The predicted octanol–water partition coefficient (Wildman–Crippen LogP) is 5.15. The van der Waals surface area contributed by atoms with E-state index in [9.17, 15) is 4.39 Å². The van der Waals surface area contributed by atoms with Crippen LogP contribution in [-0.2, 0) is 5.41 Å². The highest BCUT2D eigenvalue weighted by molar-refractivity contribution is 14.1. The number of hydrogen-bond acceptors (Lipinski definition) is 4. The van der Waals surface area contributed by atoms with Crippen molar-refractivity contribution < 1.29 is 4.39 Å². The van der Waals surface area contributed by atoms with Crippen molar-refractivity contribution in [3.63, 3.8) is 0 Å². The summed E-state index contributed by atoms with van der Waals surface area (Å²) in [5, 5.41) is 20.3. The fourth-order valence-corrected chi connectivity index (χ4v) is 3.60. The first-order chi connectivity index (χ1) is 13.4. The Morgan fingerprint density at radius 1 is 1.04 bits per heavy atom. The van der Waals surface area contributed by atoms with Gasteiger partial charge in [-0.25, -0.2) is 4.39 Å². The van der Waals surface area contributed by atoms with E-state index in [0.29, 0.717) is 12.4 Å². The number of aromatic nitrogens is 4. The molecule has 5 nitrogen and oxygen atoms in total. The van der Waals surface area contributed by atoms with Crippen molar-refractivity contribution in [2.45, 2.75) is 19.3 Å². The summed E-state index contributed by atoms with van der Waals surface area (Å²) < 4.78 is 14.1. The van der Waals surface area contributed by atoms with Gasteiger partial charge in [-0.05, 0) is 64.6 Å². The number of aromatic amines is 1. The average molecular weight is 487 g/mol. The van der Waals surface area contributed by atoms with Crippen LogP contribution in [0.3, 0.4) is 0 Å². The lowest BCUT2D eigenvalue weighted by Crippen LogP contribution is -2.28. The van der Waals surface area contributed by atoms with Crippen LogP contribution < -0.4 is 5.32 Å². The largest absolute Gasteiger partial charge is 0.368 e. The van der Waals surface area contributed by atoms with Gasteiger partial charge in [-0.15, -0.1) is 10.2 Å². The number of fused-ring (bicyclic) bond motifs is 1. The van der Waals surface area contributed by atoms with Crippen LogP contribution in [0.2, 0.25) is 0 Å². The topological polar surface area (TPSA) is 66.5 Å². The van der Waals surface area contributed by atoms with E-state index >= 15 is 0 Å². The molecule has 2 heterocycles. The lowest BCUT2D eigenvalue weighted by atomic mass is 9.84. The van der Waals surface area contributed by atoms with E-state index in [2.05, 4.69) is 68.2 Å². The van der Waals surface area contributed by atoms with Crippen molar-refractivity contribution in [1.29, 1.82) is 0 Å². The van der Waals surface area contributed by atoms with Crippen LogP contribution in [0.15, 0.2) is 54.6 Å². The lowest BCUT2D eigenvalue weighted by Gasteiger charge is -2.25. The molecule has 2 aromatic heterocycles. The lowest BCUT2D eigenvalue weighted by molar-refractivity contribution is 0.552. The Labute approximate surface area is 175 Å². The maximum absolute atomic E-state index is 13.2. The van der Waals surface area contributed by atoms with Crippen molar-refractivity contribution in [2.24, 2.45) is 0 Å². The monoisotopic (exact) mass is 487 g/mol. The Balaban J connectivity index is 1.48. The predicted molar refractivity (Wildman–Crippen MR) is 118 cm³/mol. The summed E-state index contributed by atoms with van der Waals surface area (Å²) >= 11 is 2.21. The zero-order chi connectivity index (χ0) is 19.7. The molecule has 4 rings (SSSR count). The molecule has 0 unspecified atom stereocenters. The van der Waals surface area contributed by atoms with Gasteiger partial charge in [-0.2, -0.15) is 5.10 Å². The van der Waals surface area contributed by atoms with Gasteiger partial charge in [-0.3, -0.25) is 5.10 Å². The van der Waals surface area contributed by atoms with Crippen molar-refractivity contribution in [1.82, 2.24) is 20.4 Å². The molecule has 142 valence electrons. The van der Waals surface area contributed by atoms with Gasteiger partial charge < -0.3 is 5.32 Å². The minimum Gasteiger partial charge on any atom is -0.368 e. The van der Waals surface area contributed by atoms with Gasteiger partial charge in [0.1, 0.15) is 15.3 Å². The third-order valence-corrected chi connectivity index (χ3v) is 5.64. The number of hydrogen-bond donors (Lipinski definition) is 2. The van der Waals surface area contributed by atoms with Gasteiger partial charge >= 0.3 is 0 Å². The second kappa shape index (κ2) is 7.46. The molecule has 0 spiro atoms. The number of nitrogens with one attached hydrogen (secondary N) is 2. The van der Waals surface area contributed by atoms with Crippen molar-refractivity contribution in [3.8, 4) is 11.3 Å². The molecule has 28 heavy (non-hydrogen) atoms. The molecule has 0 bridgehead atoms. The van der Waals surface area contributed by atoms with Gasteiger partial charge in [-0.1, -0.05) is 32.0 Å². The Bertz CT molecular complexity index is 1100. The van der Waals surface area contributed by atoms with E-state index in [1.807, 2.05) is 36.4 Å². The molecule has 0 aliphatic rings. The molecule has 0 fully saturated rings. The van der Waals surface area contributed by atoms with E-state index in [1.165, 1.54) is 12.1 Å². The maximum atomic E-state index is 13.2. The minimum atomic E-state index is -0.225. The number of anilines is 1. The molecule has 7 heteroatoms. The molecule has 4 aromatic rings. The average Bonchev–Trinajstić information content (AvgIpc) is 3.07. The summed E-state index contributed by atoms with van der Waals surface area (Å²) in [6.45, 7) is 4.87. The fourth-order valence-electron chi connectivity index (χ4n) is 3.04. The Morgan fingerprint density at radius 3 is 2.54 bits per heavy atom. The Hall–Kier alpha value is -2.55. The fraction of sp³-hybridized carbons (Fsp3) is 0.190. The quantitative estimate of drug-likeness (QED) is 0.382. The highest BCUT2D eigenvalue weighted by Crippen LogP contribution is 2.26. The van der Waals surface area contributed by atoms with Gasteiger partial charge in [0.15, 0.2) is 0 Å². The number of benzene rings is 2. The van der Waals surface area contributed by atoms with E-state index in [4.69, 9.17) is 0 Å².